The molecule has 6 heteroatoms. The van der Waals surface area contributed by atoms with Crippen LogP contribution in [-0.2, 0) is 19.1 Å². The Morgan fingerprint density at radius 3 is 2.70 bits per heavy atom. The van der Waals surface area contributed by atoms with E-state index >= 15 is 0 Å². The van der Waals surface area contributed by atoms with Crippen molar-refractivity contribution in [3.63, 3.8) is 0 Å². The van der Waals surface area contributed by atoms with E-state index in [1.54, 1.807) is 6.92 Å². The summed E-state index contributed by atoms with van der Waals surface area (Å²) in [7, 11) is 0. The van der Waals surface area contributed by atoms with Gasteiger partial charge in [0.15, 0.2) is 0 Å². The lowest BCUT2D eigenvalue weighted by Gasteiger charge is -2.49. The zero-order valence-corrected chi connectivity index (χ0v) is 16.8. The molecular formula is C21H32N2O4. The highest BCUT2D eigenvalue weighted by Crippen LogP contribution is 2.70. The standard InChI is InChI=1S/C21H32N2O4/c1-13-5-4-6-20(3)11-16-17(18-21(13,20)27-18)15(19(25)26-16)12-22-7-9-23(10-8-22)14(2)24/h13,15-18H,4-12H2,1-3H3/t13-,15-,16+,17+,18-,20+,21+/m0/s1. The third kappa shape index (κ3) is 2.45. The van der Waals surface area contributed by atoms with Crippen molar-refractivity contribution in [2.75, 3.05) is 32.7 Å². The first-order valence-corrected chi connectivity index (χ1v) is 10.7. The Morgan fingerprint density at radius 1 is 1.26 bits per heavy atom. The van der Waals surface area contributed by atoms with E-state index in [-0.39, 0.29) is 46.9 Å². The summed E-state index contributed by atoms with van der Waals surface area (Å²) in [4.78, 5) is 28.5. The summed E-state index contributed by atoms with van der Waals surface area (Å²) in [6, 6.07) is 0. The molecular weight excluding hydrogens is 344 g/mol. The second kappa shape index (κ2) is 5.93. The Balaban J connectivity index is 1.32. The summed E-state index contributed by atoms with van der Waals surface area (Å²) < 4.78 is 12.4. The van der Waals surface area contributed by atoms with E-state index < -0.39 is 0 Å². The average molecular weight is 376 g/mol. The molecule has 0 N–H and O–H groups in total. The van der Waals surface area contributed by atoms with Crippen molar-refractivity contribution < 1.29 is 19.1 Å². The number of fused-ring (bicyclic) bond motifs is 2. The highest BCUT2D eigenvalue weighted by Gasteiger charge is 2.78. The molecule has 150 valence electrons. The molecule has 7 atom stereocenters. The number of nitrogens with zero attached hydrogens (tertiary/aromatic N) is 2. The topological polar surface area (TPSA) is 62.4 Å². The highest BCUT2D eigenvalue weighted by molar-refractivity contribution is 5.76. The van der Waals surface area contributed by atoms with Crippen LogP contribution in [0.5, 0.6) is 0 Å². The lowest BCUT2D eigenvalue weighted by Crippen LogP contribution is -2.55. The molecule has 3 heterocycles. The van der Waals surface area contributed by atoms with Crippen LogP contribution in [0, 0.1) is 23.2 Å². The zero-order valence-electron chi connectivity index (χ0n) is 16.8. The van der Waals surface area contributed by atoms with E-state index in [0.29, 0.717) is 5.92 Å². The maximum absolute atomic E-state index is 12.8. The van der Waals surface area contributed by atoms with E-state index in [4.69, 9.17) is 9.47 Å². The van der Waals surface area contributed by atoms with E-state index in [2.05, 4.69) is 18.7 Å². The molecule has 0 bridgehead atoms. The molecule has 0 aromatic rings. The van der Waals surface area contributed by atoms with Crippen molar-refractivity contribution in [3.05, 3.63) is 0 Å². The largest absolute Gasteiger partial charge is 0.462 e. The molecule has 1 spiro atoms. The number of ether oxygens (including phenoxy) is 2. The van der Waals surface area contributed by atoms with Gasteiger partial charge in [0.2, 0.25) is 5.91 Å². The van der Waals surface area contributed by atoms with Crippen molar-refractivity contribution in [2.24, 2.45) is 23.2 Å². The van der Waals surface area contributed by atoms with E-state index in [1.807, 2.05) is 4.90 Å². The van der Waals surface area contributed by atoms with Crippen molar-refractivity contribution >= 4 is 11.9 Å². The molecule has 2 saturated carbocycles. The van der Waals surface area contributed by atoms with Crippen molar-refractivity contribution in [3.8, 4) is 0 Å². The van der Waals surface area contributed by atoms with Crippen molar-refractivity contribution in [1.82, 2.24) is 9.80 Å². The van der Waals surface area contributed by atoms with Crippen LogP contribution in [0.4, 0.5) is 0 Å². The molecule has 6 nitrogen and oxygen atoms in total. The monoisotopic (exact) mass is 376 g/mol. The van der Waals surface area contributed by atoms with Gasteiger partial charge in [0.25, 0.3) is 0 Å². The first-order chi connectivity index (χ1) is 12.9. The Bertz CT molecular complexity index is 661. The Hall–Kier alpha value is -1.14. The maximum Gasteiger partial charge on any atom is 0.311 e. The second-order valence-electron chi connectivity index (χ2n) is 9.86. The van der Waals surface area contributed by atoms with Gasteiger partial charge in [0.05, 0.1) is 12.0 Å². The normalized spacial score (nSPS) is 49.1. The first kappa shape index (κ1) is 17.9. The molecule has 0 radical (unpaired) electrons. The van der Waals surface area contributed by atoms with Gasteiger partial charge >= 0.3 is 5.97 Å². The number of amides is 1. The predicted molar refractivity (Wildman–Crippen MR) is 98.9 cm³/mol. The first-order valence-electron chi connectivity index (χ1n) is 10.7. The average Bonchev–Trinajstić information content (AvgIpc) is 3.31. The zero-order chi connectivity index (χ0) is 19.0. The number of hydrogen-bond donors (Lipinski definition) is 0. The second-order valence-corrected chi connectivity index (χ2v) is 9.86. The van der Waals surface area contributed by atoms with Gasteiger partial charge in [0, 0.05) is 51.0 Å². The molecule has 0 aromatic heterocycles. The van der Waals surface area contributed by atoms with Gasteiger partial charge in [-0.15, -0.1) is 0 Å². The minimum atomic E-state index is -0.0815. The molecule has 0 aromatic carbocycles. The molecule has 3 aliphatic heterocycles. The highest BCUT2D eigenvalue weighted by atomic mass is 16.6. The van der Waals surface area contributed by atoms with Gasteiger partial charge < -0.3 is 14.4 Å². The van der Waals surface area contributed by atoms with Crippen LogP contribution in [0.15, 0.2) is 0 Å². The fraction of sp³-hybridized carbons (Fsp3) is 0.905. The van der Waals surface area contributed by atoms with E-state index in [1.165, 1.54) is 19.3 Å². The van der Waals surface area contributed by atoms with E-state index in [0.717, 1.165) is 39.1 Å². The summed E-state index contributed by atoms with van der Waals surface area (Å²) in [5, 5.41) is 0. The molecule has 5 rings (SSSR count). The Labute approximate surface area is 161 Å². The van der Waals surface area contributed by atoms with Crippen molar-refractivity contribution in [1.29, 1.82) is 0 Å². The molecule has 0 unspecified atom stereocenters. The lowest BCUT2D eigenvalue weighted by molar-refractivity contribution is -0.147. The quantitative estimate of drug-likeness (QED) is 0.542. The summed E-state index contributed by atoms with van der Waals surface area (Å²) >= 11 is 0. The third-order valence-electron chi connectivity index (χ3n) is 8.47. The lowest BCUT2D eigenvalue weighted by atomic mass is 9.53. The number of hydrogen-bond acceptors (Lipinski definition) is 5. The number of rotatable bonds is 2. The van der Waals surface area contributed by atoms with Gasteiger partial charge in [-0.05, 0) is 25.2 Å². The Morgan fingerprint density at radius 2 is 2.00 bits per heavy atom. The number of carbonyl (C=O) groups is 2. The van der Waals surface area contributed by atoms with Crippen molar-refractivity contribution in [2.45, 2.75) is 64.3 Å². The predicted octanol–water partition coefficient (Wildman–Crippen LogP) is 1.68. The van der Waals surface area contributed by atoms with Crippen LogP contribution >= 0.6 is 0 Å². The SMILES string of the molecule is CC(=O)N1CCN(C[C@@H]2C(=O)O[C@@H]3C[C@@]4(C)CCC[C@H](C)[C@]45O[C@H]5[C@H]23)CC1. The summed E-state index contributed by atoms with van der Waals surface area (Å²) in [6.45, 7) is 10.3. The third-order valence-corrected chi connectivity index (χ3v) is 8.47. The minimum absolute atomic E-state index is 0.0219. The van der Waals surface area contributed by atoms with Crippen LogP contribution in [0.1, 0.15) is 46.5 Å². The number of esters is 1. The fourth-order valence-electron chi connectivity index (χ4n) is 6.97. The Kier molecular flexibility index (Phi) is 3.94. The van der Waals surface area contributed by atoms with Gasteiger partial charge in [-0.2, -0.15) is 0 Å². The van der Waals surface area contributed by atoms with Gasteiger partial charge in [-0.3, -0.25) is 14.5 Å². The molecule has 1 amide bonds. The molecule has 2 aliphatic carbocycles. The van der Waals surface area contributed by atoms with Crippen LogP contribution in [0.2, 0.25) is 0 Å². The van der Waals surface area contributed by atoms with Crippen LogP contribution in [-0.4, -0.2) is 72.2 Å². The number of carbonyl (C=O) groups excluding carboxylic acids is 2. The van der Waals surface area contributed by atoms with Gasteiger partial charge in [0.1, 0.15) is 11.7 Å². The molecule has 27 heavy (non-hydrogen) atoms. The molecule has 5 fully saturated rings. The summed E-state index contributed by atoms with van der Waals surface area (Å²) in [5.74, 6) is 0.803. The van der Waals surface area contributed by atoms with Gasteiger partial charge in [-0.25, -0.2) is 0 Å². The maximum atomic E-state index is 12.8. The molecule has 3 saturated heterocycles. The summed E-state index contributed by atoms with van der Waals surface area (Å²) in [6.07, 6.45) is 4.84. The molecule has 5 aliphatic rings. The van der Waals surface area contributed by atoms with Gasteiger partial charge in [-0.1, -0.05) is 20.3 Å². The fourth-order valence-corrected chi connectivity index (χ4v) is 6.97. The minimum Gasteiger partial charge on any atom is -0.462 e. The number of piperazine rings is 1. The van der Waals surface area contributed by atoms with Crippen LogP contribution in [0.25, 0.3) is 0 Å². The van der Waals surface area contributed by atoms with Crippen LogP contribution in [0.3, 0.4) is 0 Å². The summed E-state index contributed by atoms with van der Waals surface area (Å²) in [5.41, 5.74) is 0.130. The van der Waals surface area contributed by atoms with Crippen LogP contribution < -0.4 is 0 Å². The number of epoxide rings is 1. The smallest absolute Gasteiger partial charge is 0.311 e. The van der Waals surface area contributed by atoms with E-state index in [9.17, 15) is 9.59 Å².